The number of hydrogen-bond acceptors (Lipinski definition) is 0. The van der Waals surface area contributed by atoms with Gasteiger partial charge in [-0.25, -0.2) is 0 Å². The Morgan fingerprint density at radius 2 is 2.50 bits per heavy atom. The Balaban J connectivity index is 3.06. The van der Waals surface area contributed by atoms with Crippen molar-refractivity contribution in [3.8, 4) is 0 Å². The highest BCUT2D eigenvalue weighted by Gasteiger charge is 1.82. The van der Waals surface area contributed by atoms with Crippen molar-refractivity contribution in [2.24, 2.45) is 0 Å². The lowest BCUT2D eigenvalue weighted by molar-refractivity contribution is 1.45. The lowest BCUT2D eigenvalue weighted by atomic mass is 10.2. The smallest absolute Gasteiger partial charge is 0.0280 e. The predicted octanol–water partition coefficient (Wildman–Crippen LogP) is 2.76. The number of aryl methyl sites for hydroxylation is 1. The molecule has 0 amide bonds. The van der Waals surface area contributed by atoms with Gasteiger partial charge in [0, 0.05) is 8.58 Å². The topological polar surface area (TPSA) is 0 Å². The summed E-state index contributed by atoms with van der Waals surface area (Å²) in [5.74, 6) is 0. The van der Waals surface area contributed by atoms with Gasteiger partial charge in [-0.1, -0.05) is 33.6 Å². The standard InChI is InChI=1S/C7H7Br/c1-6-3-2-4-7(8)5-6/h2-5H,1H3/i1D3. The summed E-state index contributed by atoms with van der Waals surface area (Å²) in [5, 5.41) is 0. The van der Waals surface area contributed by atoms with Crippen molar-refractivity contribution < 1.29 is 4.11 Å². The van der Waals surface area contributed by atoms with Crippen LogP contribution in [-0.4, -0.2) is 0 Å². The molecular weight excluding hydrogens is 164 g/mol. The summed E-state index contributed by atoms with van der Waals surface area (Å²) >= 11 is 3.20. The zero-order valence-corrected chi connectivity index (χ0v) is 5.77. The molecule has 0 aliphatic rings. The Kier molecular flexibility index (Phi) is 0.873. The lowest BCUT2D eigenvalue weighted by Crippen LogP contribution is -1.67. The zero-order valence-electron chi connectivity index (χ0n) is 7.19. The Morgan fingerprint density at radius 1 is 1.62 bits per heavy atom. The molecule has 0 aliphatic heterocycles. The molecule has 0 unspecified atom stereocenters. The Bertz CT molecular complexity index is 254. The van der Waals surface area contributed by atoms with Crippen LogP contribution in [0.3, 0.4) is 0 Å². The monoisotopic (exact) mass is 173 g/mol. The minimum absolute atomic E-state index is 0.367. The molecule has 0 fully saturated rings. The van der Waals surface area contributed by atoms with Crippen LogP contribution in [0.4, 0.5) is 0 Å². The minimum atomic E-state index is -2.00. The van der Waals surface area contributed by atoms with Gasteiger partial charge in [-0.05, 0) is 19.0 Å². The molecule has 42 valence electrons. The first kappa shape index (κ1) is 3.02. The average Bonchev–Trinajstić information content (AvgIpc) is 1.86. The molecule has 1 aromatic rings. The quantitative estimate of drug-likeness (QED) is 0.567. The van der Waals surface area contributed by atoms with Gasteiger partial charge in [-0.3, -0.25) is 0 Å². The number of hydrogen-bond donors (Lipinski definition) is 0. The molecule has 0 spiro atoms. The molecule has 8 heavy (non-hydrogen) atoms. The number of benzene rings is 1. The van der Waals surface area contributed by atoms with Crippen LogP contribution < -0.4 is 0 Å². The molecule has 0 saturated carbocycles. The van der Waals surface area contributed by atoms with Gasteiger partial charge in [0.15, 0.2) is 0 Å². The molecule has 0 saturated heterocycles. The first-order chi connectivity index (χ1) is 5.00. The highest BCUT2D eigenvalue weighted by molar-refractivity contribution is 9.10. The molecule has 0 radical (unpaired) electrons. The van der Waals surface area contributed by atoms with E-state index in [1.807, 2.05) is 0 Å². The van der Waals surface area contributed by atoms with E-state index in [1.165, 1.54) is 0 Å². The van der Waals surface area contributed by atoms with E-state index < -0.39 is 6.85 Å². The van der Waals surface area contributed by atoms with E-state index in [1.54, 1.807) is 24.3 Å². The fourth-order valence-electron chi connectivity index (χ4n) is 0.488. The SMILES string of the molecule is [2H]C([2H])([2H])c1cccc(Br)c1. The van der Waals surface area contributed by atoms with Gasteiger partial charge >= 0.3 is 0 Å². The zero-order chi connectivity index (χ0) is 8.48. The van der Waals surface area contributed by atoms with E-state index in [0.29, 0.717) is 5.56 Å². The maximum Gasteiger partial charge on any atom is 0.0280 e. The van der Waals surface area contributed by atoms with Crippen molar-refractivity contribution in [2.45, 2.75) is 6.85 Å². The second-order valence-corrected chi connectivity index (χ2v) is 2.43. The van der Waals surface area contributed by atoms with Crippen molar-refractivity contribution >= 4 is 15.9 Å². The number of rotatable bonds is 0. The normalized spacial score (nSPS) is 16.4. The maximum atomic E-state index is 7.08. The van der Waals surface area contributed by atoms with E-state index in [9.17, 15) is 0 Å². The first-order valence-electron chi connectivity index (χ1n) is 3.76. The second-order valence-electron chi connectivity index (χ2n) is 1.51. The van der Waals surface area contributed by atoms with E-state index in [2.05, 4.69) is 15.9 Å². The van der Waals surface area contributed by atoms with Gasteiger partial charge in [0.1, 0.15) is 0 Å². The van der Waals surface area contributed by atoms with Crippen LogP contribution >= 0.6 is 15.9 Å². The summed E-state index contributed by atoms with van der Waals surface area (Å²) in [6, 6.07) is 6.71. The molecule has 1 rings (SSSR count). The second kappa shape index (κ2) is 2.31. The third-order valence-corrected chi connectivity index (χ3v) is 1.32. The fraction of sp³-hybridized carbons (Fsp3) is 0.143. The van der Waals surface area contributed by atoms with Gasteiger partial charge in [-0.15, -0.1) is 0 Å². The van der Waals surface area contributed by atoms with Crippen LogP contribution in [0.1, 0.15) is 9.68 Å². The van der Waals surface area contributed by atoms with E-state index in [-0.39, 0.29) is 0 Å². The number of halogens is 1. The first-order valence-corrected chi connectivity index (χ1v) is 3.05. The molecule has 1 aromatic carbocycles. The van der Waals surface area contributed by atoms with Crippen molar-refractivity contribution in [1.29, 1.82) is 0 Å². The molecule has 0 nitrogen and oxygen atoms in total. The van der Waals surface area contributed by atoms with Crippen molar-refractivity contribution in [1.82, 2.24) is 0 Å². The van der Waals surface area contributed by atoms with Crippen molar-refractivity contribution in [2.75, 3.05) is 0 Å². The van der Waals surface area contributed by atoms with Gasteiger partial charge in [-0.2, -0.15) is 0 Å². The third kappa shape index (κ3) is 1.34. The average molecular weight is 174 g/mol. The van der Waals surface area contributed by atoms with Gasteiger partial charge in [0.2, 0.25) is 0 Å². The molecule has 0 aromatic heterocycles. The Labute approximate surface area is 61.9 Å². The fourth-order valence-corrected chi connectivity index (χ4v) is 0.888. The third-order valence-electron chi connectivity index (χ3n) is 0.825. The van der Waals surface area contributed by atoms with E-state index >= 15 is 0 Å². The van der Waals surface area contributed by atoms with Crippen LogP contribution in [0, 0.1) is 6.85 Å². The Hall–Kier alpha value is -0.300. The molecule has 0 atom stereocenters. The van der Waals surface area contributed by atoms with Gasteiger partial charge in [0.25, 0.3) is 0 Å². The summed E-state index contributed by atoms with van der Waals surface area (Å²) < 4.78 is 22.0. The highest BCUT2D eigenvalue weighted by Crippen LogP contribution is 2.09. The van der Waals surface area contributed by atoms with Crippen LogP contribution in [0.5, 0.6) is 0 Å². The van der Waals surface area contributed by atoms with E-state index in [4.69, 9.17) is 4.11 Å². The van der Waals surface area contributed by atoms with Crippen LogP contribution in [0.25, 0.3) is 0 Å². The molecule has 1 heteroatoms. The molecule has 0 N–H and O–H groups in total. The van der Waals surface area contributed by atoms with Crippen LogP contribution in [-0.2, 0) is 0 Å². The Morgan fingerprint density at radius 3 is 3.00 bits per heavy atom. The van der Waals surface area contributed by atoms with Crippen LogP contribution in [0.2, 0.25) is 0 Å². The van der Waals surface area contributed by atoms with E-state index in [0.717, 1.165) is 4.47 Å². The molecule has 0 heterocycles. The van der Waals surface area contributed by atoms with Crippen molar-refractivity contribution in [3.63, 3.8) is 0 Å². The largest absolute Gasteiger partial charge is 0.0609 e. The summed E-state index contributed by atoms with van der Waals surface area (Å²) in [7, 11) is 0. The van der Waals surface area contributed by atoms with Crippen LogP contribution in [0.15, 0.2) is 28.7 Å². The van der Waals surface area contributed by atoms with Crippen molar-refractivity contribution in [3.05, 3.63) is 34.3 Å². The summed E-state index contributed by atoms with van der Waals surface area (Å²) in [4.78, 5) is 0. The molecule has 0 bridgehead atoms. The van der Waals surface area contributed by atoms with Gasteiger partial charge in [0.05, 0.1) is 0 Å². The summed E-state index contributed by atoms with van der Waals surface area (Å²) in [6.45, 7) is -2.00. The minimum Gasteiger partial charge on any atom is -0.0609 e. The predicted molar refractivity (Wildman–Crippen MR) is 38.9 cm³/mol. The highest BCUT2D eigenvalue weighted by atomic mass is 79.9. The molecular formula is C7H7Br. The summed E-state index contributed by atoms with van der Waals surface area (Å²) in [5.41, 5.74) is 0.367. The summed E-state index contributed by atoms with van der Waals surface area (Å²) in [6.07, 6.45) is 0. The lowest BCUT2D eigenvalue weighted by Gasteiger charge is -1.89. The van der Waals surface area contributed by atoms with Gasteiger partial charge < -0.3 is 0 Å². The molecule has 0 aliphatic carbocycles. The maximum absolute atomic E-state index is 7.08.